The van der Waals surface area contributed by atoms with E-state index < -0.39 is 27.6 Å². The summed E-state index contributed by atoms with van der Waals surface area (Å²) in [6.45, 7) is 4.07. The summed E-state index contributed by atoms with van der Waals surface area (Å²) in [6, 6.07) is 15.6. The fraction of sp³-hybridized carbons (Fsp3) is 0.293. The molecule has 3 aliphatic rings. The third kappa shape index (κ3) is 6.84. The Hall–Kier alpha value is -6.49. The molecule has 1 saturated carbocycles. The Balaban J connectivity index is 0.852. The van der Waals surface area contributed by atoms with Gasteiger partial charge in [0.2, 0.25) is 33.2 Å². The zero-order chi connectivity index (χ0) is 40.3. The Kier molecular flexibility index (Phi) is 9.26. The van der Waals surface area contributed by atoms with Crippen LogP contribution in [0.2, 0.25) is 0 Å². The molecular formula is C41H38FN9O6S. The van der Waals surface area contributed by atoms with E-state index in [4.69, 9.17) is 4.74 Å². The molecule has 15 nitrogen and oxygen atoms in total. The lowest BCUT2D eigenvalue weighted by Gasteiger charge is -2.36. The van der Waals surface area contributed by atoms with Crippen molar-refractivity contribution in [3.8, 4) is 17.0 Å². The highest BCUT2D eigenvalue weighted by Crippen LogP contribution is 2.44. The second-order valence-electron chi connectivity index (χ2n) is 15.3. The maximum atomic E-state index is 15.6. The van der Waals surface area contributed by atoms with Crippen molar-refractivity contribution >= 4 is 44.8 Å². The molecule has 9 rings (SSSR count). The SMILES string of the molecule is CC(C)Oc1c(-c2cn[nH]c2)ncn2nc(Nc3ccc(S(=O)(=O)c4cccc(CC5CC(c6ccc7c(c6)CN([C@@H]6CCC(=O)NC6=O)C7=O)C5)c4)cc3F)nc12. The van der Waals surface area contributed by atoms with Crippen LogP contribution in [0.5, 0.6) is 5.75 Å². The van der Waals surface area contributed by atoms with E-state index in [1.807, 2.05) is 32.0 Å². The highest BCUT2D eigenvalue weighted by atomic mass is 32.2. The predicted molar refractivity (Wildman–Crippen MR) is 207 cm³/mol. The van der Waals surface area contributed by atoms with E-state index in [2.05, 4.69) is 42.0 Å². The molecule has 6 aromatic rings. The van der Waals surface area contributed by atoms with Crippen LogP contribution in [0.1, 0.15) is 72.5 Å². The van der Waals surface area contributed by atoms with Crippen LogP contribution in [0.15, 0.2) is 89.2 Å². The van der Waals surface area contributed by atoms with Crippen LogP contribution < -0.4 is 15.4 Å². The van der Waals surface area contributed by atoms with Gasteiger partial charge in [0, 0.05) is 30.3 Å². The number of aromatic amines is 1. The first-order valence-electron chi connectivity index (χ1n) is 19.0. The van der Waals surface area contributed by atoms with Crippen molar-refractivity contribution in [2.75, 3.05) is 5.32 Å². The Bertz CT molecular complexity index is 2730. The number of fused-ring (bicyclic) bond motifs is 2. The molecule has 2 fully saturated rings. The van der Waals surface area contributed by atoms with E-state index in [1.54, 1.807) is 29.4 Å². The molecule has 1 atom stereocenters. The zero-order valence-electron chi connectivity index (χ0n) is 31.5. The fourth-order valence-electron chi connectivity index (χ4n) is 8.04. The van der Waals surface area contributed by atoms with Gasteiger partial charge in [0.15, 0.2) is 5.75 Å². The molecule has 0 unspecified atom stereocenters. The summed E-state index contributed by atoms with van der Waals surface area (Å²) in [5.74, 6) is -0.691. The van der Waals surface area contributed by atoms with Gasteiger partial charge in [-0.2, -0.15) is 14.6 Å². The molecule has 0 radical (unpaired) electrons. The number of H-pyrrole nitrogens is 1. The van der Waals surface area contributed by atoms with Gasteiger partial charge in [-0.15, -0.1) is 5.10 Å². The summed E-state index contributed by atoms with van der Waals surface area (Å²) in [6.07, 6.45) is 7.55. The van der Waals surface area contributed by atoms with Crippen molar-refractivity contribution < 1.29 is 31.9 Å². The van der Waals surface area contributed by atoms with Crippen molar-refractivity contribution in [3.63, 3.8) is 0 Å². The number of ether oxygens (including phenoxy) is 1. The molecular weight excluding hydrogens is 766 g/mol. The smallest absolute Gasteiger partial charge is 0.255 e. The van der Waals surface area contributed by atoms with Crippen LogP contribution in [0, 0.1) is 11.7 Å². The van der Waals surface area contributed by atoms with Gasteiger partial charge < -0.3 is 15.0 Å². The summed E-state index contributed by atoms with van der Waals surface area (Å²) < 4.78 is 50.5. The van der Waals surface area contributed by atoms with E-state index in [9.17, 15) is 22.8 Å². The quantitative estimate of drug-likeness (QED) is 0.140. The number of rotatable bonds is 11. The number of hydrogen-bond acceptors (Lipinski definition) is 11. The van der Waals surface area contributed by atoms with Crippen molar-refractivity contribution in [2.24, 2.45) is 5.92 Å². The van der Waals surface area contributed by atoms with E-state index >= 15 is 4.39 Å². The van der Waals surface area contributed by atoms with Crippen molar-refractivity contribution in [1.29, 1.82) is 0 Å². The van der Waals surface area contributed by atoms with Crippen molar-refractivity contribution in [3.05, 3.63) is 107 Å². The third-order valence-corrected chi connectivity index (χ3v) is 12.7. The largest absolute Gasteiger partial charge is 0.485 e. The summed E-state index contributed by atoms with van der Waals surface area (Å²) in [4.78, 5) is 47.6. The molecule has 1 aliphatic carbocycles. The number of nitrogens with one attached hydrogen (secondary N) is 3. The van der Waals surface area contributed by atoms with Gasteiger partial charge in [0.25, 0.3) is 5.91 Å². The van der Waals surface area contributed by atoms with Gasteiger partial charge in [-0.1, -0.05) is 24.3 Å². The lowest BCUT2D eigenvalue weighted by atomic mass is 9.69. The monoisotopic (exact) mass is 803 g/mol. The lowest BCUT2D eigenvalue weighted by molar-refractivity contribution is -0.136. The minimum absolute atomic E-state index is 0.0147. The Morgan fingerprint density at radius 3 is 2.62 bits per heavy atom. The summed E-state index contributed by atoms with van der Waals surface area (Å²) >= 11 is 0. The van der Waals surface area contributed by atoms with Gasteiger partial charge >= 0.3 is 0 Å². The second kappa shape index (κ2) is 14.5. The number of carbonyl (C=O) groups excluding carboxylic acids is 3. The maximum Gasteiger partial charge on any atom is 0.255 e. The molecule has 58 heavy (non-hydrogen) atoms. The zero-order valence-corrected chi connectivity index (χ0v) is 32.3. The Labute approximate surface area is 332 Å². The molecule has 17 heteroatoms. The maximum absolute atomic E-state index is 15.6. The first-order chi connectivity index (χ1) is 27.9. The number of aromatic nitrogens is 6. The topological polar surface area (TPSA) is 194 Å². The van der Waals surface area contributed by atoms with Crippen LogP contribution >= 0.6 is 0 Å². The molecule has 0 bridgehead atoms. The van der Waals surface area contributed by atoms with Crippen molar-refractivity contribution in [2.45, 2.75) is 80.4 Å². The van der Waals surface area contributed by atoms with Crippen LogP contribution in [0.25, 0.3) is 16.9 Å². The highest BCUT2D eigenvalue weighted by Gasteiger charge is 2.40. The van der Waals surface area contributed by atoms with Crippen LogP contribution in [-0.4, -0.2) is 73.0 Å². The number of halogens is 1. The first-order valence-corrected chi connectivity index (χ1v) is 20.5. The Morgan fingerprint density at radius 2 is 1.86 bits per heavy atom. The standard InChI is InChI=1S/C41H38FN9O6S/c1-22(2)57-37-36(28-18-44-45-19-28)43-21-51-38(37)48-41(49-51)46-33-9-7-30(17-32(33)42)58(55,56)29-5-3-4-23(15-29)12-24-13-26(14-24)25-6-8-31-27(16-25)20-50(40(31)54)34-10-11-35(52)47-39(34)53/h3-9,15-19,21-22,24,26,34H,10-14,20H2,1-2H3,(H,44,45)(H,46,49)(H,47,52,53)/t24?,26?,34-/m1/s1. The normalized spacial score (nSPS) is 19.3. The van der Waals surface area contributed by atoms with Crippen LogP contribution in [-0.2, 0) is 32.4 Å². The lowest BCUT2D eigenvalue weighted by Crippen LogP contribution is -2.52. The number of benzene rings is 3. The number of sulfone groups is 1. The number of amides is 3. The van der Waals surface area contributed by atoms with E-state index in [1.165, 1.54) is 29.0 Å². The molecule has 3 aromatic carbocycles. The van der Waals surface area contributed by atoms with Crippen LogP contribution in [0.3, 0.4) is 0 Å². The van der Waals surface area contributed by atoms with Crippen molar-refractivity contribution in [1.82, 2.24) is 40.0 Å². The summed E-state index contributed by atoms with van der Waals surface area (Å²) in [5.41, 5.74) is 4.99. The highest BCUT2D eigenvalue weighted by molar-refractivity contribution is 7.91. The van der Waals surface area contributed by atoms with Gasteiger partial charge in [-0.05, 0) is 104 Å². The molecule has 2 aliphatic heterocycles. The minimum atomic E-state index is -4.05. The number of hydrogen-bond donors (Lipinski definition) is 3. The van der Waals surface area contributed by atoms with E-state index in [0.717, 1.165) is 35.6 Å². The first kappa shape index (κ1) is 37.1. The minimum Gasteiger partial charge on any atom is -0.485 e. The molecule has 296 valence electrons. The second-order valence-corrected chi connectivity index (χ2v) is 17.2. The predicted octanol–water partition coefficient (Wildman–Crippen LogP) is 5.51. The van der Waals surface area contributed by atoms with Gasteiger partial charge in [0.05, 0.1) is 27.8 Å². The summed E-state index contributed by atoms with van der Waals surface area (Å²) in [7, 11) is -4.05. The average Bonchev–Trinajstić information content (AvgIpc) is 3.93. The number of nitrogens with zero attached hydrogens (tertiary/aromatic N) is 6. The molecule has 5 heterocycles. The molecule has 3 aromatic heterocycles. The average molecular weight is 804 g/mol. The van der Waals surface area contributed by atoms with Gasteiger partial charge in [-0.3, -0.25) is 24.8 Å². The number of imide groups is 1. The molecule has 3 amide bonds. The number of carbonyl (C=O) groups is 3. The van der Waals surface area contributed by atoms with Crippen LogP contribution in [0.4, 0.5) is 16.0 Å². The number of anilines is 2. The Morgan fingerprint density at radius 1 is 1.03 bits per heavy atom. The van der Waals surface area contributed by atoms with Gasteiger partial charge in [-0.25, -0.2) is 17.8 Å². The summed E-state index contributed by atoms with van der Waals surface area (Å²) in [5, 5.41) is 16.3. The molecule has 0 spiro atoms. The number of piperidine rings is 1. The molecule has 1 saturated heterocycles. The third-order valence-electron chi connectivity index (χ3n) is 11.0. The molecule has 3 N–H and O–H groups in total. The van der Waals surface area contributed by atoms with E-state index in [0.29, 0.717) is 59.4 Å². The van der Waals surface area contributed by atoms with Gasteiger partial charge in [0.1, 0.15) is 23.9 Å². The fourth-order valence-corrected chi connectivity index (χ4v) is 9.38. The van der Waals surface area contributed by atoms with E-state index in [-0.39, 0.29) is 45.8 Å².